The van der Waals surface area contributed by atoms with Gasteiger partial charge in [0.1, 0.15) is 5.75 Å². The molecule has 2 aromatic rings. The number of carbonyl (C=O) groups excluding carboxylic acids is 5. The molecule has 0 spiro atoms. The molecule has 38 heavy (non-hydrogen) atoms. The van der Waals surface area contributed by atoms with Crippen molar-refractivity contribution in [3.63, 3.8) is 0 Å². The van der Waals surface area contributed by atoms with E-state index in [1.807, 2.05) is 0 Å². The Morgan fingerprint density at radius 2 is 1.84 bits per heavy atom. The number of phenols is 1. The van der Waals surface area contributed by atoms with Crippen LogP contribution in [0.2, 0.25) is 0 Å². The third kappa shape index (κ3) is 3.42. The van der Waals surface area contributed by atoms with Crippen molar-refractivity contribution in [1.29, 1.82) is 0 Å². The Labute approximate surface area is 217 Å². The van der Waals surface area contributed by atoms with E-state index in [4.69, 9.17) is 10.5 Å². The van der Waals surface area contributed by atoms with E-state index in [9.17, 15) is 34.2 Å². The van der Waals surface area contributed by atoms with E-state index < -0.39 is 64.4 Å². The van der Waals surface area contributed by atoms with Crippen LogP contribution >= 0.6 is 0 Å². The smallest absolute Gasteiger partial charge is 0.235 e. The number of pyridine rings is 1. The molecule has 3 aliphatic carbocycles. The number of rotatable bonds is 4. The first kappa shape index (κ1) is 25.7. The number of methoxy groups -OCH3 is 1. The minimum atomic E-state index is -2.75. The number of amides is 1. The molecule has 11 nitrogen and oxygen atoms in total. The number of nitrogens with two attached hydrogens (primary N) is 1. The Balaban J connectivity index is 1.64. The Morgan fingerprint density at radius 1 is 1.13 bits per heavy atom. The largest absolute Gasteiger partial charge is 0.507 e. The number of aliphatic hydroxyl groups is 1. The van der Waals surface area contributed by atoms with Gasteiger partial charge in [-0.2, -0.15) is 0 Å². The van der Waals surface area contributed by atoms with Crippen molar-refractivity contribution in [2.24, 2.45) is 29.4 Å². The van der Waals surface area contributed by atoms with Crippen molar-refractivity contribution in [3.8, 4) is 22.8 Å². The molecule has 0 radical (unpaired) electrons. The lowest BCUT2D eigenvalue weighted by atomic mass is 9.52. The van der Waals surface area contributed by atoms with Crippen LogP contribution in [0.5, 0.6) is 11.6 Å². The fraction of sp³-hybridized carbons (Fsp3) is 0.407. The third-order valence-electron chi connectivity index (χ3n) is 8.20. The number of aromatic nitrogens is 1. The van der Waals surface area contributed by atoms with Crippen molar-refractivity contribution < 1.29 is 38.9 Å². The second kappa shape index (κ2) is 8.81. The molecule has 0 saturated heterocycles. The maximum Gasteiger partial charge on any atom is 0.235 e. The molecule has 4 N–H and O–H groups in total. The number of hydrogen-bond donors (Lipinski definition) is 3. The van der Waals surface area contributed by atoms with Crippen LogP contribution in [0.3, 0.4) is 0 Å². The number of aromatic hydroxyl groups is 1. The molecule has 1 aromatic carbocycles. The Morgan fingerprint density at radius 3 is 2.42 bits per heavy atom. The molecule has 2 saturated carbocycles. The summed E-state index contributed by atoms with van der Waals surface area (Å²) in [6, 6.07) is 5.26. The molecule has 2 unspecified atom stereocenters. The van der Waals surface area contributed by atoms with Crippen molar-refractivity contribution in [2.75, 3.05) is 21.2 Å². The van der Waals surface area contributed by atoms with Gasteiger partial charge in [0.25, 0.3) is 0 Å². The van der Waals surface area contributed by atoms with Gasteiger partial charge in [-0.25, -0.2) is 4.98 Å². The minimum absolute atomic E-state index is 0.0140. The summed E-state index contributed by atoms with van der Waals surface area (Å²) in [5.41, 5.74) is 4.31. The normalized spacial score (nSPS) is 30.5. The fourth-order valence-corrected chi connectivity index (χ4v) is 6.54. The number of ketones is 4. The Kier molecular flexibility index (Phi) is 5.96. The second-order valence-electron chi connectivity index (χ2n) is 10.4. The molecule has 3 aliphatic rings. The molecule has 1 amide bonds. The Bertz CT molecular complexity index is 1400. The first-order valence-electron chi connectivity index (χ1n) is 12.1. The lowest BCUT2D eigenvalue weighted by Gasteiger charge is -2.52. The van der Waals surface area contributed by atoms with E-state index in [-0.39, 0.29) is 24.2 Å². The van der Waals surface area contributed by atoms with Crippen LogP contribution in [0.15, 0.2) is 30.5 Å². The molecule has 0 aliphatic heterocycles. The number of carbonyl (C=O) groups is 5. The lowest BCUT2D eigenvalue weighted by molar-refractivity contribution is -0.181. The number of nitrogens with zero attached hydrogens (tertiary/aromatic N) is 2. The van der Waals surface area contributed by atoms with Crippen LogP contribution in [0.4, 0.5) is 0 Å². The van der Waals surface area contributed by atoms with E-state index in [0.717, 1.165) is 0 Å². The van der Waals surface area contributed by atoms with Gasteiger partial charge in [-0.15, -0.1) is 0 Å². The van der Waals surface area contributed by atoms with Gasteiger partial charge in [-0.1, -0.05) is 6.07 Å². The molecular formula is C27H27N3O8. The van der Waals surface area contributed by atoms with E-state index >= 15 is 0 Å². The van der Waals surface area contributed by atoms with Crippen molar-refractivity contribution in [3.05, 3.63) is 41.6 Å². The molecule has 1 aromatic heterocycles. The summed E-state index contributed by atoms with van der Waals surface area (Å²) in [6.07, 6.45) is 1.72. The zero-order valence-electron chi connectivity index (χ0n) is 21.0. The zero-order valence-corrected chi connectivity index (χ0v) is 21.0. The molecule has 2 fully saturated rings. The molecule has 0 bridgehead atoms. The predicted octanol–water partition coefficient (Wildman–Crippen LogP) is -0.0624. The summed E-state index contributed by atoms with van der Waals surface area (Å²) in [5.74, 6) is -10.3. The number of benzene rings is 1. The minimum Gasteiger partial charge on any atom is -0.507 e. The second-order valence-corrected chi connectivity index (χ2v) is 10.4. The van der Waals surface area contributed by atoms with Crippen molar-refractivity contribution in [2.45, 2.75) is 24.5 Å². The quantitative estimate of drug-likeness (QED) is 0.462. The average Bonchev–Trinajstić information content (AvgIpc) is 2.86. The van der Waals surface area contributed by atoms with Gasteiger partial charge in [0.2, 0.25) is 11.8 Å². The van der Waals surface area contributed by atoms with Gasteiger partial charge in [-0.3, -0.25) is 28.9 Å². The van der Waals surface area contributed by atoms with Gasteiger partial charge in [0, 0.05) is 23.7 Å². The third-order valence-corrected chi connectivity index (χ3v) is 8.20. The number of ether oxygens (including phenoxy) is 1. The van der Waals surface area contributed by atoms with E-state index in [1.165, 1.54) is 18.1 Å². The van der Waals surface area contributed by atoms with E-state index in [1.54, 1.807) is 38.5 Å². The van der Waals surface area contributed by atoms with Gasteiger partial charge in [0.15, 0.2) is 34.7 Å². The number of likely N-dealkylation sites (N-methyl/N-ethyl adjacent to an activating group) is 1. The summed E-state index contributed by atoms with van der Waals surface area (Å²) in [4.78, 5) is 71.8. The van der Waals surface area contributed by atoms with Gasteiger partial charge in [-0.05, 0) is 56.1 Å². The van der Waals surface area contributed by atoms with Gasteiger partial charge in [0.05, 0.1) is 24.6 Å². The predicted molar refractivity (Wildman–Crippen MR) is 131 cm³/mol. The van der Waals surface area contributed by atoms with Crippen LogP contribution in [0, 0.1) is 23.7 Å². The number of primary amides is 1. The topological polar surface area (TPSA) is 177 Å². The maximum absolute atomic E-state index is 13.8. The summed E-state index contributed by atoms with van der Waals surface area (Å²) in [5, 5.41) is 22.3. The number of Topliss-reactive ketones (excluding diaryl/α,β-unsaturated/α-hetero) is 4. The highest BCUT2D eigenvalue weighted by atomic mass is 16.5. The van der Waals surface area contributed by atoms with Crippen molar-refractivity contribution >= 4 is 29.0 Å². The molecule has 198 valence electrons. The Hall–Kier alpha value is -3.96. The maximum atomic E-state index is 13.8. The summed E-state index contributed by atoms with van der Waals surface area (Å²) >= 11 is 0. The fourth-order valence-electron chi connectivity index (χ4n) is 6.54. The van der Waals surface area contributed by atoms with Crippen LogP contribution in [0.25, 0.3) is 11.1 Å². The van der Waals surface area contributed by atoms with Crippen LogP contribution in [-0.4, -0.2) is 82.0 Å². The molecule has 1 heterocycles. The lowest BCUT2D eigenvalue weighted by Crippen LogP contribution is -2.74. The van der Waals surface area contributed by atoms with Crippen molar-refractivity contribution in [1.82, 2.24) is 9.88 Å². The van der Waals surface area contributed by atoms with E-state index in [2.05, 4.69) is 4.98 Å². The van der Waals surface area contributed by atoms with Crippen LogP contribution < -0.4 is 10.5 Å². The standard InChI is InChI=1S/C27H27N3O8/c1-30(2)21-15-9-12-8-14-13(11-4-7-17(38-3)29-10-11)5-6-16(31)19(14)22(32)18(12)24(34)27(15,37)25(35)20(23(21)33)26(28)36/h4-7,10,12,15,18,20-21,31,37H,8-9H2,1-3H3,(H2,28,36)/t12-,15-,18?,20?,21-,27-/m1/s1. The molecule has 5 rings (SSSR count). The summed E-state index contributed by atoms with van der Waals surface area (Å²) in [6.45, 7) is 0. The summed E-state index contributed by atoms with van der Waals surface area (Å²) in [7, 11) is 4.57. The molecule has 11 heteroatoms. The monoisotopic (exact) mass is 521 g/mol. The highest BCUT2D eigenvalue weighted by molar-refractivity contribution is 6.32. The zero-order chi connectivity index (χ0) is 27.7. The van der Waals surface area contributed by atoms with Gasteiger partial charge >= 0.3 is 0 Å². The number of fused-ring (bicyclic) bond motifs is 3. The first-order chi connectivity index (χ1) is 17.9. The van der Waals surface area contributed by atoms with Crippen LogP contribution in [0.1, 0.15) is 22.3 Å². The average molecular weight is 522 g/mol. The summed E-state index contributed by atoms with van der Waals surface area (Å²) < 4.78 is 5.11. The first-order valence-corrected chi connectivity index (χ1v) is 12.1. The highest BCUT2D eigenvalue weighted by Crippen LogP contribution is 2.51. The molecule has 6 atom stereocenters. The van der Waals surface area contributed by atoms with E-state index in [0.29, 0.717) is 22.6 Å². The molecular weight excluding hydrogens is 494 g/mol. The number of phenolic OH excluding ortho intramolecular Hbond substituents is 1. The van der Waals surface area contributed by atoms with Gasteiger partial charge < -0.3 is 20.7 Å². The van der Waals surface area contributed by atoms with Crippen LogP contribution in [-0.2, 0) is 25.6 Å². The SMILES string of the molecule is COc1ccc(-c2ccc(O)c3c2C[C@@H]2C[C@@H]4[C@@H](N(C)C)C(=O)C(C(N)=O)C(=O)[C@]4(O)C(=O)C2C3=O)cn1. The number of hydrogen-bond acceptors (Lipinski definition) is 10. The highest BCUT2D eigenvalue weighted by Gasteiger charge is 2.69.